The Morgan fingerprint density at radius 3 is 2.48 bits per heavy atom. The Morgan fingerprint density at radius 2 is 1.80 bits per heavy atom. The predicted molar refractivity (Wildman–Crippen MR) is 103 cm³/mol. The molecule has 0 radical (unpaired) electrons. The highest BCUT2D eigenvalue weighted by Crippen LogP contribution is 2.14. The second kappa shape index (κ2) is 9.72. The van der Waals surface area contributed by atoms with E-state index >= 15 is 0 Å². The molecule has 0 aliphatic rings. The molecule has 0 heterocycles. The van der Waals surface area contributed by atoms with Gasteiger partial charge in [0.25, 0.3) is 0 Å². The van der Waals surface area contributed by atoms with Crippen LogP contribution in [0.2, 0.25) is 0 Å². The maximum atomic E-state index is 12.0. The molecule has 0 aromatic heterocycles. The van der Waals surface area contributed by atoms with Gasteiger partial charge < -0.3 is 15.0 Å². The molecule has 0 unspecified atom stereocenters. The van der Waals surface area contributed by atoms with Crippen molar-refractivity contribution in [2.24, 2.45) is 0 Å². The lowest BCUT2D eigenvalue weighted by Gasteiger charge is -2.12. The van der Waals surface area contributed by atoms with Crippen molar-refractivity contribution in [2.75, 3.05) is 32.6 Å². The molecule has 2 aromatic carbocycles. The van der Waals surface area contributed by atoms with Gasteiger partial charge >= 0.3 is 0 Å². The molecule has 25 heavy (non-hydrogen) atoms. The Hall–Kier alpha value is -2.49. The summed E-state index contributed by atoms with van der Waals surface area (Å²) in [7, 11) is 5.73. The van der Waals surface area contributed by atoms with Gasteiger partial charge in [-0.05, 0) is 54.7 Å². The van der Waals surface area contributed by atoms with Crippen LogP contribution in [0.1, 0.15) is 24.0 Å². The third-order valence-electron chi connectivity index (χ3n) is 4.19. The summed E-state index contributed by atoms with van der Waals surface area (Å²) in [5.74, 6) is 0.934. The summed E-state index contributed by atoms with van der Waals surface area (Å²) < 4.78 is 5.20. The average Bonchev–Trinajstić information content (AvgIpc) is 2.64. The average molecular weight is 340 g/mol. The molecule has 4 nitrogen and oxygen atoms in total. The fourth-order valence-electron chi connectivity index (χ4n) is 2.66. The van der Waals surface area contributed by atoms with Gasteiger partial charge in [-0.15, -0.1) is 0 Å². The highest BCUT2D eigenvalue weighted by Gasteiger charge is 2.03. The molecule has 0 bridgehead atoms. The molecule has 134 valence electrons. The fraction of sp³-hybridized carbons (Fsp3) is 0.381. The van der Waals surface area contributed by atoms with E-state index in [1.807, 2.05) is 38.4 Å². The fourth-order valence-corrected chi connectivity index (χ4v) is 2.66. The Kier molecular flexibility index (Phi) is 7.33. The summed E-state index contributed by atoms with van der Waals surface area (Å²) in [5, 5.41) is 3.00. The summed E-state index contributed by atoms with van der Waals surface area (Å²) in [6.45, 7) is 0.715. The summed E-state index contributed by atoms with van der Waals surface area (Å²) in [4.78, 5) is 14.0. The first-order valence-corrected chi connectivity index (χ1v) is 8.74. The molecular weight excluding hydrogens is 312 g/mol. The van der Waals surface area contributed by atoms with Gasteiger partial charge in [-0.3, -0.25) is 4.79 Å². The van der Waals surface area contributed by atoms with Crippen molar-refractivity contribution in [3.05, 3.63) is 59.7 Å². The van der Waals surface area contributed by atoms with E-state index in [0.29, 0.717) is 13.0 Å². The lowest BCUT2D eigenvalue weighted by molar-refractivity contribution is -0.121. The summed E-state index contributed by atoms with van der Waals surface area (Å²) in [6.07, 6.45) is 3.16. The van der Waals surface area contributed by atoms with Crippen LogP contribution in [0.15, 0.2) is 48.5 Å². The molecule has 0 saturated heterocycles. The van der Waals surface area contributed by atoms with Crippen molar-refractivity contribution < 1.29 is 9.53 Å². The monoisotopic (exact) mass is 340 g/mol. The zero-order valence-electron chi connectivity index (χ0n) is 15.4. The van der Waals surface area contributed by atoms with Crippen molar-refractivity contribution in [3.8, 4) is 5.75 Å². The summed E-state index contributed by atoms with van der Waals surface area (Å²) in [6, 6.07) is 16.4. The van der Waals surface area contributed by atoms with E-state index in [1.165, 1.54) is 11.3 Å². The van der Waals surface area contributed by atoms with Gasteiger partial charge in [-0.25, -0.2) is 0 Å². The third kappa shape index (κ3) is 6.49. The maximum Gasteiger partial charge on any atom is 0.220 e. The molecule has 0 spiro atoms. The van der Waals surface area contributed by atoms with E-state index in [1.54, 1.807) is 7.11 Å². The largest absolute Gasteiger partial charge is 0.497 e. The van der Waals surface area contributed by atoms with Crippen molar-refractivity contribution in [1.82, 2.24) is 5.32 Å². The topological polar surface area (TPSA) is 41.6 Å². The van der Waals surface area contributed by atoms with Crippen LogP contribution >= 0.6 is 0 Å². The van der Waals surface area contributed by atoms with Gasteiger partial charge in [-0.2, -0.15) is 0 Å². The number of rotatable bonds is 9. The first kappa shape index (κ1) is 18.8. The number of nitrogens with one attached hydrogen (secondary N) is 1. The smallest absolute Gasteiger partial charge is 0.220 e. The molecule has 2 aromatic rings. The molecule has 0 aliphatic carbocycles. The standard InChI is InChI=1S/C21H28N2O2/c1-23(2)19-12-9-17(10-13-19)7-5-15-22-21(24)14-11-18-6-4-8-20(16-18)25-3/h4,6,8-10,12-13,16H,5,7,11,14-15H2,1-3H3,(H,22,24). The van der Waals surface area contributed by atoms with Gasteiger partial charge in [0, 0.05) is 32.7 Å². The number of anilines is 1. The van der Waals surface area contributed by atoms with Gasteiger partial charge in [-0.1, -0.05) is 24.3 Å². The van der Waals surface area contributed by atoms with Crippen molar-refractivity contribution in [3.63, 3.8) is 0 Å². The van der Waals surface area contributed by atoms with E-state index in [0.717, 1.165) is 30.6 Å². The van der Waals surface area contributed by atoms with Crippen LogP contribution in [0.25, 0.3) is 0 Å². The van der Waals surface area contributed by atoms with E-state index in [2.05, 4.69) is 34.5 Å². The number of amides is 1. The van der Waals surface area contributed by atoms with Crippen molar-refractivity contribution >= 4 is 11.6 Å². The first-order chi connectivity index (χ1) is 12.1. The van der Waals surface area contributed by atoms with Crippen LogP contribution in [0, 0.1) is 0 Å². The minimum absolute atomic E-state index is 0.103. The number of aryl methyl sites for hydroxylation is 2. The van der Waals surface area contributed by atoms with Gasteiger partial charge in [0.2, 0.25) is 5.91 Å². The molecule has 0 fully saturated rings. The Morgan fingerprint density at radius 1 is 1.04 bits per heavy atom. The lowest BCUT2D eigenvalue weighted by Crippen LogP contribution is -2.25. The van der Waals surface area contributed by atoms with Gasteiger partial charge in [0.1, 0.15) is 5.75 Å². The van der Waals surface area contributed by atoms with Crippen LogP contribution in [0.3, 0.4) is 0 Å². The van der Waals surface area contributed by atoms with Crippen LogP contribution in [0.4, 0.5) is 5.69 Å². The van der Waals surface area contributed by atoms with Crippen LogP contribution in [-0.4, -0.2) is 33.7 Å². The van der Waals surface area contributed by atoms with E-state index in [-0.39, 0.29) is 5.91 Å². The Balaban J connectivity index is 1.65. The Bertz CT molecular complexity index is 666. The number of ether oxygens (including phenoxy) is 1. The zero-order valence-corrected chi connectivity index (χ0v) is 15.4. The van der Waals surface area contributed by atoms with E-state index in [9.17, 15) is 4.79 Å². The highest BCUT2D eigenvalue weighted by molar-refractivity contribution is 5.76. The molecule has 0 saturated carbocycles. The molecule has 4 heteroatoms. The minimum atomic E-state index is 0.103. The number of carbonyl (C=O) groups is 1. The lowest BCUT2D eigenvalue weighted by atomic mass is 10.1. The quantitative estimate of drug-likeness (QED) is 0.711. The van der Waals surface area contributed by atoms with Crippen molar-refractivity contribution in [2.45, 2.75) is 25.7 Å². The predicted octanol–water partition coefficient (Wildman–Crippen LogP) is 3.44. The highest BCUT2D eigenvalue weighted by atomic mass is 16.5. The second-order valence-corrected chi connectivity index (χ2v) is 6.37. The number of benzene rings is 2. The third-order valence-corrected chi connectivity index (χ3v) is 4.19. The molecule has 1 amide bonds. The van der Waals surface area contributed by atoms with E-state index < -0.39 is 0 Å². The minimum Gasteiger partial charge on any atom is -0.497 e. The zero-order chi connectivity index (χ0) is 18.1. The number of nitrogens with zero attached hydrogens (tertiary/aromatic N) is 1. The summed E-state index contributed by atoms with van der Waals surface area (Å²) >= 11 is 0. The van der Waals surface area contributed by atoms with Gasteiger partial charge in [0.05, 0.1) is 7.11 Å². The number of carbonyl (C=O) groups excluding carboxylic acids is 1. The number of methoxy groups -OCH3 is 1. The summed E-state index contributed by atoms with van der Waals surface area (Å²) in [5.41, 5.74) is 3.63. The van der Waals surface area contributed by atoms with Crippen LogP contribution in [0.5, 0.6) is 5.75 Å². The molecule has 0 aliphatic heterocycles. The van der Waals surface area contributed by atoms with Crippen LogP contribution < -0.4 is 15.0 Å². The van der Waals surface area contributed by atoms with Crippen molar-refractivity contribution in [1.29, 1.82) is 0 Å². The molecule has 2 rings (SSSR count). The second-order valence-electron chi connectivity index (χ2n) is 6.37. The van der Waals surface area contributed by atoms with Gasteiger partial charge in [0.15, 0.2) is 0 Å². The molecular formula is C21H28N2O2. The maximum absolute atomic E-state index is 12.0. The molecule has 0 atom stereocenters. The Labute approximate surface area is 150 Å². The SMILES string of the molecule is COc1cccc(CCC(=O)NCCCc2ccc(N(C)C)cc2)c1. The normalized spacial score (nSPS) is 10.4. The molecule has 1 N–H and O–H groups in total. The number of hydrogen-bond acceptors (Lipinski definition) is 3. The number of hydrogen-bond donors (Lipinski definition) is 1. The van der Waals surface area contributed by atoms with E-state index in [4.69, 9.17) is 4.74 Å². The van der Waals surface area contributed by atoms with Crippen LogP contribution in [-0.2, 0) is 17.6 Å². The first-order valence-electron chi connectivity index (χ1n) is 8.74.